The molecule has 1 saturated heterocycles. The van der Waals surface area contributed by atoms with Gasteiger partial charge in [-0.15, -0.1) is 0 Å². The van der Waals surface area contributed by atoms with Crippen LogP contribution in [-0.4, -0.2) is 25.4 Å². The van der Waals surface area contributed by atoms with Crippen LogP contribution in [0.15, 0.2) is 18.2 Å². The van der Waals surface area contributed by atoms with Gasteiger partial charge in [-0.2, -0.15) is 0 Å². The molecule has 4 heteroatoms. The van der Waals surface area contributed by atoms with E-state index in [-0.39, 0.29) is 12.1 Å². The predicted molar refractivity (Wildman–Crippen MR) is 82.5 cm³/mol. The summed E-state index contributed by atoms with van der Waals surface area (Å²) in [7, 11) is 0. The van der Waals surface area contributed by atoms with Crippen LogP contribution in [0.3, 0.4) is 0 Å². The van der Waals surface area contributed by atoms with Crippen LogP contribution < -0.4 is 10.5 Å². The third-order valence-electron chi connectivity index (χ3n) is 3.74. The van der Waals surface area contributed by atoms with Crippen LogP contribution in [0.4, 0.5) is 0 Å². The van der Waals surface area contributed by atoms with Crippen LogP contribution in [0.25, 0.3) is 0 Å². The molecule has 2 rings (SSSR count). The van der Waals surface area contributed by atoms with Crippen LogP contribution >= 0.6 is 11.6 Å². The van der Waals surface area contributed by atoms with Crippen molar-refractivity contribution in [3.05, 3.63) is 28.8 Å². The number of para-hydroxylation sites is 1. The number of rotatable bonds is 6. The van der Waals surface area contributed by atoms with Gasteiger partial charge in [-0.25, -0.2) is 0 Å². The molecule has 0 radical (unpaired) electrons. The molecular weight excluding hydrogens is 274 g/mol. The second kappa shape index (κ2) is 7.87. The number of benzene rings is 1. The first-order chi connectivity index (χ1) is 9.70. The largest absolute Gasteiger partial charge is 0.489 e. The van der Waals surface area contributed by atoms with Crippen LogP contribution in [0.5, 0.6) is 5.75 Å². The highest BCUT2D eigenvalue weighted by atomic mass is 35.5. The molecule has 1 aromatic rings. The molecule has 1 aliphatic heterocycles. The zero-order valence-corrected chi connectivity index (χ0v) is 12.9. The van der Waals surface area contributed by atoms with Crippen molar-refractivity contribution in [2.45, 2.75) is 51.2 Å². The van der Waals surface area contributed by atoms with Crippen molar-refractivity contribution >= 4 is 11.6 Å². The molecule has 2 N–H and O–H groups in total. The van der Waals surface area contributed by atoms with E-state index < -0.39 is 0 Å². The fourth-order valence-electron chi connectivity index (χ4n) is 2.42. The molecule has 1 aromatic carbocycles. The lowest BCUT2D eigenvalue weighted by atomic mass is 10.0. The molecule has 0 aliphatic carbocycles. The van der Waals surface area contributed by atoms with Gasteiger partial charge in [0.25, 0.3) is 0 Å². The topological polar surface area (TPSA) is 44.5 Å². The Morgan fingerprint density at radius 2 is 2.30 bits per heavy atom. The number of hydrogen-bond donors (Lipinski definition) is 1. The first-order valence-electron chi connectivity index (χ1n) is 7.48. The van der Waals surface area contributed by atoms with Crippen molar-refractivity contribution in [2.75, 3.05) is 13.2 Å². The molecule has 0 spiro atoms. The standard InChI is InChI=1S/C16H24ClNO2/c1-2-13(18)10-12-6-5-8-15(17)16(12)20-11-14-7-3-4-9-19-14/h5-6,8,13-14H,2-4,7,9-11,18H2,1H3. The van der Waals surface area contributed by atoms with Crippen LogP contribution in [-0.2, 0) is 11.2 Å². The summed E-state index contributed by atoms with van der Waals surface area (Å²) in [4.78, 5) is 0. The smallest absolute Gasteiger partial charge is 0.141 e. The van der Waals surface area contributed by atoms with Gasteiger partial charge in [0, 0.05) is 12.6 Å². The fourth-order valence-corrected chi connectivity index (χ4v) is 2.67. The first-order valence-corrected chi connectivity index (χ1v) is 7.86. The van der Waals surface area contributed by atoms with Gasteiger partial charge in [-0.3, -0.25) is 0 Å². The summed E-state index contributed by atoms with van der Waals surface area (Å²) < 4.78 is 11.6. The number of nitrogens with two attached hydrogens (primary N) is 1. The second-order valence-corrected chi connectivity index (χ2v) is 5.81. The van der Waals surface area contributed by atoms with Gasteiger partial charge in [-0.1, -0.05) is 30.7 Å². The van der Waals surface area contributed by atoms with Crippen LogP contribution in [0.1, 0.15) is 38.2 Å². The number of halogens is 1. The molecular formula is C16H24ClNO2. The van der Waals surface area contributed by atoms with Crippen molar-refractivity contribution in [3.8, 4) is 5.75 Å². The summed E-state index contributed by atoms with van der Waals surface area (Å²) in [6, 6.07) is 5.99. The van der Waals surface area contributed by atoms with E-state index in [1.807, 2.05) is 18.2 Å². The van der Waals surface area contributed by atoms with E-state index in [1.165, 1.54) is 6.42 Å². The highest BCUT2D eigenvalue weighted by molar-refractivity contribution is 6.32. The fraction of sp³-hybridized carbons (Fsp3) is 0.625. The lowest BCUT2D eigenvalue weighted by Gasteiger charge is -2.24. The molecule has 1 aliphatic rings. The molecule has 1 fully saturated rings. The third-order valence-corrected chi connectivity index (χ3v) is 4.04. The maximum Gasteiger partial charge on any atom is 0.141 e. The monoisotopic (exact) mass is 297 g/mol. The summed E-state index contributed by atoms with van der Waals surface area (Å²) in [5.41, 5.74) is 7.13. The molecule has 2 unspecified atom stereocenters. The minimum Gasteiger partial charge on any atom is -0.489 e. The average molecular weight is 298 g/mol. The van der Waals surface area contributed by atoms with Crippen molar-refractivity contribution in [2.24, 2.45) is 5.73 Å². The van der Waals surface area contributed by atoms with Gasteiger partial charge < -0.3 is 15.2 Å². The van der Waals surface area contributed by atoms with E-state index in [4.69, 9.17) is 26.8 Å². The molecule has 2 atom stereocenters. The van der Waals surface area contributed by atoms with Crippen molar-refractivity contribution < 1.29 is 9.47 Å². The first kappa shape index (κ1) is 15.6. The highest BCUT2D eigenvalue weighted by Gasteiger charge is 2.17. The Morgan fingerprint density at radius 1 is 1.45 bits per heavy atom. The van der Waals surface area contributed by atoms with Gasteiger partial charge in [0.1, 0.15) is 12.4 Å². The lowest BCUT2D eigenvalue weighted by molar-refractivity contribution is -0.0112. The minimum absolute atomic E-state index is 0.141. The Bertz CT molecular complexity index is 419. The maximum atomic E-state index is 6.27. The van der Waals surface area contributed by atoms with Gasteiger partial charge in [0.2, 0.25) is 0 Å². The number of ether oxygens (including phenoxy) is 2. The normalized spacial score (nSPS) is 20.6. The Kier molecular flexibility index (Phi) is 6.14. The summed E-state index contributed by atoms with van der Waals surface area (Å²) in [6.45, 7) is 3.49. The Hall–Kier alpha value is -0.770. The molecule has 1 heterocycles. The zero-order valence-electron chi connectivity index (χ0n) is 12.1. The van der Waals surface area contributed by atoms with Crippen molar-refractivity contribution in [3.63, 3.8) is 0 Å². The highest BCUT2D eigenvalue weighted by Crippen LogP contribution is 2.30. The Labute approximate surface area is 126 Å². The Morgan fingerprint density at radius 3 is 3.00 bits per heavy atom. The Balaban J connectivity index is 2.01. The quantitative estimate of drug-likeness (QED) is 0.873. The van der Waals surface area contributed by atoms with Gasteiger partial charge >= 0.3 is 0 Å². The second-order valence-electron chi connectivity index (χ2n) is 5.40. The summed E-state index contributed by atoms with van der Waals surface area (Å²) in [5, 5.41) is 0.654. The van der Waals surface area contributed by atoms with Gasteiger partial charge in [0.15, 0.2) is 0 Å². The lowest BCUT2D eigenvalue weighted by Crippen LogP contribution is -2.26. The van der Waals surface area contributed by atoms with E-state index >= 15 is 0 Å². The average Bonchev–Trinajstić information content (AvgIpc) is 2.47. The maximum absolute atomic E-state index is 6.27. The third kappa shape index (κ3) is 4.37. The molecule has 0 bridgehead atoms. The summed E-state index contributed by atoms with van der Waals surface area (Å²) >= 11 is 6.27. The van der Waals surface area contributed by atoms with Gasteiger partial charge in [0.05, 0.1) is 11.1 Å². The molecule has 112 valence electrons. The van der Waals surface area contributed by atoms with Crippen molar-refractivity contribution in [1.82, 2.24) is 0 Å². The van der Waals surface area contributed by atoms with Crippen molar-refractivity contribution in [1.29, 1.82) is 0 Å². The van der Waals surface area contributed by atoms with E-state index in [0.717, 1.165) is 43.6 Å². The van der Waals surface area contributed by atoms with Gasteiger partial charge in [-0.05, 0) is 43.7 Å². The minimum atomic E-state index is 0.141. The molecule has 0 amide bonds. The molecule has 0 saturated carbocycles. The van der Waals surface area contributed by atoms with E-state index in [9.17, 15) is 0 Å². The van der Waals surface area contributed by atoms with Crippen LogP contribution in [0.2, 0.25) is 5.02 Å². The van der Waals surface area contributed by atoms with Crippen LogP contribution in [0, 0.1) is 0 Å². The summed E-state index contributed by atoms with van der Waals surface area (Å²) in [6.07, 6.45) is 5.35. The molecule has 20 heavy (non-hydrogen) atoms. The summed E-state index contributed by atoms with van der Waals surface area (Å²) in [5.74, 6) is 0.771. The predicted octanol–water partition coefficient (Wildman–Crippen LogP) is 3.57. The van der Waals surface area contributed by atoms with E-state index in [0.29, 0.717) is 11.6 Å². The SMILES string of the molecule is CCC(N)Cc1cccc(Cl)c1OCC1CCCCO1. The van der Waals surface area contributed by atoms with E-state index in [2.05, 4.69) is 6.92 Å². The molecule has 3 nitrogen and oxygen atoms in total. The van der Waals surface area contributed by atoms with E-state index in [1.54, 1.807) is 0 Å². The zero-order chi connectivity index (χ0) is 14.4. The number of hydrogen-bond acceptors (Lipinski definition) is 3. The molecule has 0 aromatic heterocycles.